The normalized spacial score (nSPS) is 11.7. The van der Waals surface area contributed by atoms with E-state index >= 15 is 0 Å². The Labute approximate surface area is 159 Å². The van der Waals surface area contributed by atoms with E-state index in [0.29, 0.717) is 29.7 Å². The van der Waals surface area contributed by atoms with Gasteiger partial charge in [0.25, 0.3) is 0 Å². The van der Waals surface area contributed by atoms with Crippen molar-refractivity contribution >= 4 is 23.3 Å². The molecule has 2 rings (SSSR count). The monoisotopic (exact) mass is 376 g/mol. The molecule has 0 aliphatic rings. The molecule has 0 spiro atoms. The van der Waals surface area contributed by atoms with E-state index in [1.807, 2.05) is 19.1 Å². The highest BCUT2D eigenvalue weighted by molar-refractivity contribution is 6.32. The van der Waals surface area contributed by atoms with Crippen molar-refractivity contribution in [3.05, 3.63) is 58.6 Å². The molecule has 6 heteroatoms. The third kappa shape index (κ3) is 5.64. The Morgan fingerprint density at radius 3 is 2.54 bits per heavy atom. The number of hydrogen-bond donors (Lipinski definition) is 2. The lowest BCUT2D eigenvalue weighted by molar-refractivity contribution is 0.146. The summed E-state index contributed by atoms with van der Waals surface area (Å²) in [5.74, 6) is 0.432. The van der Waals surface area contributed by atoms with Gasteiger partial charge in [0.2, 0.25) is 0 Å². The number of benzene rings is 2. The lowest BCUT2D eigenvalue weighted by atomic mass is 10.1. The second-order valence-electron chi connectivity index (χ2n) is 5.87. The second kappa shape index (κ2) is 10.0. The molecule has 0 saturated carbocycles. The quantitative estimate of drug-likeness (QED) is 0.650. The molecule has 0 aromatic heterocycles. The van der Waals surface area contributed by atoms with Crippen molar-refractivity contribution in [3.8, 4) is 5.75 Å². The maximum Gasteiger partial charge on any atom is 0.319 e. The van der Waals surface area contributed by atoms with Crippen LogP contribution < -0.4 is 15.4 Å². The molecule has 0 heterocycles. The second-order valence-corrected chi connectivity index (χ2v) is 6.28. The molecule has 2 N–H and O–H groups in total. The van der Waals surface area contributed by atoms with Crippen LogP contribution in [0.15, 0.2) is 42.5 Å². The number of aryl methyl sites for hydroxylation is 1. The van der Waals surface area contributed by atoms with Crippen LogP contribution in [0.5, 0.6) is 5.75 Å². The largest absolute Gasteiger partial charge is 0.487 e. The van der Waals surface area contributed by atoms with Gasteiger partial charge in [0.1, 0.15) is 6.61 Å². The Bertz CT molecular complexity index is 719. The summed E-state index contributed by atoms with van der Waals surface area (Å²) in [5, 5.41) is 6.16. The number of halogens is 1. The number of hydrogen-bond acceptors (Lipinski definition) is 3. The average molecular weight is 377 g/mol. The summed E-state index contributed by atoms with van der Waals surface area (Å²) < 4.78 is 10.6. The summed E-state index contributed by atoms with van der Waals surface area (Å²) in [6.45, 7) is 4.83. The van der Waals surface area contributed by atoms with Gasteiger partial charge in [-0.25, -0.2) is 4.79 Å². The van der Waals surface area contributed by atoms with E-state index in [4.69, 9.17) is 21.1 Å². The number of carbonyl (C=O) groups is 1. The number of urea groups is 1. The molecule has 5 nitrogen and oxygen atoms in total. The van der Waals surface area contributed by atoms with E-state index < -0.39 is 0 Å². The van der Waals surface area contributed by atoms with Gasteiger partial charge in [0.05, 0.1) is 23.4 Å². The maximum atomic E-state index is 12.4. The van der Waals surface area contributed by atoms with Crippen molar-refractivity contribution in [2.45, 2.75) is 26.3 Å². The van der Waals surface area contributed by atoms with E-state index in [0.717, 1.165) is 12.0 Å². The number of anilines is 1. The zero-order valence-electron chi connectivity index (χ0n) is 15.3. The average Bonchev–Trinajstić information content (AvgIpc) is 2.64. The predicted molar refractivity (Wildman–Crippen MR) is 105 cm³/mol. The smallest absolute Gasteiger partial charge is 0.319 e. The number of rotatable bonds is 8. The van der Waals surface area contributed by atoms with E-state index in [1.54, 1.807) is 25.3 Å². The molecule has 2 aromatic carbocycles. The van der Waals surface area contributed by atoms with Crippen molar-refractivity contribution < 1.29 is 14.3 Å². The fraction of sp³-hybridized carbons (Fsp3) is 0.350. The number of methoxy groups -OCH3 is 1. The van der Waals surface area contributed by atoms with E-state index in [-0.39, 0.29) is 12.1 Å². The van der Waals surface area contributed by atoms with E-state index in [9.17, 15) is 4.79 Å². The first-order valence-corrected chi connectivity index (χ1v) is 8.99. The Morgan fingerprint density at radius 2 is 1.88 bits per heavy atom. The molecule has 1 unspecified atom stereocenters. The van der Waals surface area contributed by atoms with Gasteiger partial charge in [-0.3, -0.25) is 0 Å². The van der Waals surface area contributed by atoms with Crippen molar-refractivity contribution in [2.75, 3.05) is 25.6 Å². The predicted octanol–water partition coefficient (Wildman–Crippen LogP) is 4.81. The van der Waals surface area contributed by atoms with Gasteiger partial charge in [-0.2, -0.15) is 0 Å². The molecule has 2 aromatic rings. The van der Waals surface area contributed by atoms with Gasteiger partial charge in [-0.1, -0.05) is 48.9 Å². The first-order valence-electron chi connectivity index (χ1n) is 8.61. The first kappa shape index (κ1) is 20.1. The molecular formula is C20H25ClN2O3. The Morgan fingerprint density at radius 1 is 1.15 bits per heavy atom. The summed E-state index contributed by atoms with van der Waals surface area (Å²) in [7, 11) is 1.59. The highest BCUT2D eigenvalue weighted by Crippen LogP contribution is 2.33. The van der Waals surface area contributed by atoms with Crippen LogP contribution in [0.1, 0.15) is 31.0 Å². The van der Waals surface area contributed by atoms with Crippen LogP contribution in [0.4, 0.5) is 10.5 Å². The van der Waals surface area contributed by atoms with Crippen molar-refractivity contribution in [1.82, 2.24) is 5.32 Å². The maximum absolute atomic E-state index is 12.4. The van der Waals surface area contributed by atoms with Gasteiger partial charge in [-0.05, 0) is 36.6 Å². The molecule has 0 fully saturated rings. The highest BCUT2D eigenvalue weighted by atomic mass is 35.5. The van der Waals surface area contributed by atoms with Crippen LogP contribution in [-0.4, -0.2) is 26.4 Å². The molecule has 0 aliphatic heterocycles. The zero-order valence-corrected chi connectivity index (χ0v) is 16.1. The lowest BCUT2D eigenvalue weighted by Crippen LogP contribution is -2.31. The minimum atomic E-state index is -0.323. The third-order valence-electron chi connectivity index (χ3n) is 3.98. The number of carbonyl (C=O) groups excluding carboxylic acids is 1. The fourth-order valence-corrected chi connectivity index (χ4v) is 2.69. The van der Waals surface area contributed by atoms with Crippen LogP contribution in [0.3, 0.4) is 0 Å². The highest BCUT2D eigenvalue weighted by Gasteiger charge is 2.14. The van der Waals surface area contributed by atoms with Crippen LogP contribution in [0.25, 0.3) is 0 Å². The minimum absolute atomic E-state index is 0.127. The lowest BCUT2D eigenvalue weighted by Gasteiger charge is -2.17. The van der Waals surface area contributed by atoms with Crippen LogP contribution in [0.2, 0.25) is 5.02 Å². The minimum Gasteiger partial charge on any atom is -0.487 e. The first-order chi connectivity index (χ1) is 12.5. The molecule has 0 aliphatic carbocycles. The van der Waals surface area contributed by atoms with Crippen molar-refractivity contribution in [1.29, 1.82) is 0 Å². The topological polar surface area (TPSA) is 59.6 Å². The summed E-state index contributed by atoms with van der Waals surface area (Å²) >= 11 is 6.18. The Hall–Kier alpha value is -2.24. The van der Waals surface area contributed by atoms with E-state index in [2.05, 4.69) is 29.7 Å². The number of ether oxygens (including phenoxy) is 2. The van der Waals surface area contributed by atoms with Gasteiger partial charge >= 0.3 is 6.03 Å². The van der Waals surface area contributed by atoms with Gasteiger partial charge in [-0.15, -0.1) is 0 Å². The third-order valence-corrected chi connectivity index (χ3v) is 4.28. The molecule has 140 valence electrons. The summed E-state index contributed by atoms with van der Waals surface area (Å²) in [5.41, 5.74) is 2.82. The SMILES string of the molecule is CCc1ccc(C(C)NC(=O)Nc2cccc(Cl)c2OCCOC)cc1. The molecule has 0 bridgehead atoms. The summed E-state index contributed by atoms with van der Waals surface area (Å²) in [6.07, 6.45) is 0.989. The molecule has 0 saturated heterocycles. The van der Waals surface area contributed by atoms with Crippen LogP contribution in [0, 0.1) is 0 Å². The molecule has 2 amide bonds. The van der Waals surface area contributed by atoms with Crippen LogP contribution in [-0.2, 0) is 11.2 Å². The van der Waals surface area contributed by atoms with Gasteiger partial charge < -0.3 is 20.1 Å². The van der Waals surface area contributed by atoms with Gasteiger partial charge in [0, 0.05) is 7.11 Å². The van der Waals surface area contributed by atoms with E-state index in [1.165, 1.54) is 5.56 Å². The molecule has 1 atom stereocenters. The number of amides is 2. The standard InChI is InChI=1S/C20H25ClN2O3/c1-4-15-8-10-16(11-9-15)14(2)22-20(24)23-18-7-5-6-17(21)19(18)26-13-12-25-3/h5-11,14H,4,12-13H2,1-3H3,(H2,22,23,24). The van der Waals surface area contributed by atoms with Crippen LogP contribution >= 0.6 is 11.6 Å². The molecule has 0 radical (unpaired) electrons. The molecular weight excluding hydrogens is 352 g/mol. The zero-order chi connectivity index (χ0) is 18.9. The number of para-hydroxylation sites is 1. The Kier molecular flexibility index (Phi) is 7.75. The summed E-state index contributed by atoms with van der Waals surface area (Å²) in [6, 6.07) is 13.0. The van der Waals surface area contributed by atoms with Crippen molar-refractivity contribution in [2.24, 2.45) is 0 Å². The van der Waals surface area contributed by atoms with Crippen molar-refractivity contribution in [3.63, 3.8) is 0 Å². The number of nitrogens with one attached hydrogen (secondary N) is 2. The summed E-state index contributed by atoms with van der Waals surface area (Å²) in [4.78, 5) is 12.4. The van der Waals surface area contributed by atoms with Gasteiger partial charge in [0.15, 0.2) is 5.75 Å². The Balaban J connectivity index is 2.01. The fourth-order valence-electron chi connectivity index (χ4n) is 2.46. The molecule has 26 heavy (non-hydrogen) atoms.